The van der Waals surface area contributed by atoms with E-state index < -0.39 is 9.84 Å². The van der Waals surface area contributed by atoms with Crippen LogP contribution < -0.4 is 0 Å². The van der Waals surface area contributed by atoms with Crippen molar-refractivity contribution in [2.24, 2.45) is 11.8 Å². The molecule has 114 valence electrons. The normalized spacial score (nSPS) is 26.3. The predicted octanol–water partition coefficient (Wildman–Crippen LogP) is 3.17. The second-order valence-electron chi connectivity index (χ2n) is 6.26. The Bertz CT molecular complexity index is 329. The van der Waals surface area contributed by atoms with Gasteiger partial charge in [0.15, 0.2) is 0 Å². The first-order valence-electron chi connectivity index (χ1n) is 7.78. The van der Waals surface area contributed by atoms with Crippen molar-refractivity contribution >= 4 is 9.84 Å². The van der Waals surface area contributed by atoms with E-state index in [0.29, 0.717) is 18.8 Å². The van der Waals surface area contributed by atoms with Crippen molar-refractivity contribution in [2.45, 2.75) is 70.8 Å². The van der Waals surface area contributed by atoms with Crippen molar-refractivity contribution in [2.75, 3.05) is 12.0 Å². The first-order chi connectivity index (χ1) is 8.92. The molecule has 0 saturated heterocycles. The average Bonchev–Trinajstić information content (AvgIpc) is 2.35. The molecule has 0 aromatic rings. The molecule has 1 unspecified atom stereocenters. The zero-order valence-electron chi connectivity index (χ0n) is 12.5. The minimum Gasteiger partial charge on any atom is -0.393 e. The summed E-state index contributed by atoms with van der Waals surface area (Å²) in [6.07, 6.45) is 10.9. The van der Waals surface area contributed by atoms with Gasteiger partial charge in [-0.3, -0.25) is 0 Å². The summed E-state index contributed by atoms with van der Waals surface area (Å²) in [5.74, 6) is 1.47. The Hall–Kier alpha value is -0.0900. The standard InChI is InChI=1S/C15H30O3S/c1-3-4-6-13-8-10-14(11-9-13)15(16)7-5-12-19(2,17)18/h13-16H,3-12H2,1-2H3. The smallest absolute Gasteiger partial charge is 0.147 e. The molecule has 1 aliphatic rings. The summed E-state index contributed by atoms with van der Waals surface area (Å²) in [7, 11) is -2.88. The Morgan fingerprint density at radius 3 is 2.32 bits per heavy atom. The minimum atomic E-state index is -2.88. The summed E-state index contributed by atoms with van der Waals surface area (Å²) >= 11 is 0. The number of aliphatic hydroxyl groups excluding tert-OH is 1. The fourth-order valence-electron chi connectivity index (χ4n) is 3.14. The Labute approximate surface area is 118 Å². The fourth-order valence-corrected chi connectivity index (χ4v) is 3.84. The third-order valence-electron chi connectivity index (χ3n) is 4.42. The van der Waals surface area contributed by atoms with Gasteiger partial charge >= 0.3 is 0 Å². The molecule has 1 N–H and O–H groups in total. The monoisotopic (exact) mass is 290 g/mol. The van der Waals surface area contributed by atoms with E-state index in [2.05, 4.69) is 6.92 Å². The van der Waals surface area contributed by atoms with E-state index >= 15 is 0 Å². The number of sulfone groups is 1. The zero-order valence-corrected chi connectivity index (χ0v) is 13.3. The van der Waals surface area contributed by atoms with Gasteiger partial charge in [0, 0.05) is 12.0 Å². The van der Waals surface area contributed by atoms with Gasteiger partial charge in [0.2, 0.25) is 0 Å². The lowest BCUT2D eigenvalue weighted by Crippen LogP contribution is -2.26. The summed E-state index contributed by atoms with van der Waals surface area (Å²) in [6, 6.07) is 0. The second-order valence-corrected chi connectivity index (χ2v) is 8.52. The van der Waals surface area contributed by atoms with Gasteiger partial charge < -0.3 is 5.11 Å². The zero-order chi connectivity index (χ0) is 14.3. The van der Waals surface area contributed by atoms with Crippen LogP contribution in [0.5, 0.6) is 0 Å². The lowest BCUT2D eigenvalue weighted by Gasteiger charge is -2.31. The number of hydrogen-bond acceptors (Lipinski definition) is 3. The first-order valence-corrected chi connectivity index (χ1v) is 9.84. The molecule has 1 fully saturated rings. The van der Waals surface area contributed by atoms with Crippen LogP contribution >= 0.6 is 0 Å². The van der Waals surface area contributed by atoms with E-state index in [1.165, 1.54) is 38.4 Å². The summed E-state index contributed by atoms with van der Waals surface area (Å²) < 4.78 is 22.1. The van der Waals surface area contributed by atoms with Crippen LogP contribution in [-0.4, -0.2) is 31.6 Å². The summed E-state index contributed by atoms with van der Waals surface area (Å²) in [5.41, 5.74) is 0. The fraction of sp³-hybridized carbons (Fsp3) is 1.00. The highest BCUT2D eigenvalue weighted by Gasteiger charge is 2.25. The van der Waals surface area contributed by atoms with Gasteiger partial charge in [-0.15, -0.1) is 0 Å². The van der Waals surface area contributed by atoms with Crippen molar-refractivity contribution in [3.8, 4) is 0 Å². The first kappa shape index (κ1) is 17.0. The number of hydrogen-bond donors (Lipinski definition) is 1. The molecule has 3 nitrogen and oxygen atoms in total. The Morgan fingerprint density at radius 2 is 1.79 bits per heavy atom. The molecule has 0 radical (unpaired) electrons. The van der Waals surface area contributed by atoms with Gasteiger partial charge in [-0.05, 0) is 37.5 Å². The lowest BCUT2D eigenvalue weighted by molar-refractivity contribution is 0.0652. The van der Waals surface area contributed by atoms with E-state index in [1.54, 1.807) is 0 Å². The number of rotatable bonds is 8. The minimum absolute atomic E-state index is 0.204. The van der Waals surface area contributed by atoms with Crippen LogP contribution in [-0.2, 0) is 9.84 Å². The van der Waals surface area contributed by atoms with Crippen LogP contribution in [0.2, 0.25) is 0 Å². The van der Waals surface area contributed by atoms with Gasteiger partial charge in [0.05, 0.1) is 6.10 Å². The molecule has 0 aliphatic heterocycles. The predicted molar refractivity (Wildman–Crippen MR) is 79.9 cm³/mol. The van der Waals surface area contributed by atoms with Gasteiger partial charge in [0.1, 0.15) is 9.84 Å². The second kappa shape index (κ2) is 8.25. The van der Waals surface area contributed by atoms with Crippen molar-refractivity contribution in [3.63, 3.8) is 0 Å². The molecule has 0 heterocycles. The molecule has 0 spiro atoms. The molecule has 0 aromatic heterocycles. The molecule has 19 heavy (non-hydrogen) atoms. The van der Waals surface area contributed by atoms with Gasteiger partial charge in [-0.25, -0.2) is 8.42 Å². The van der Waals surface area contributed by atoms with Crippen molar-refractivity contribution < 1.29 is 13.5 Å². The van der Waals surface area contributed by atoms with E-state index in [1.807, 2.05) is 0 Å². The van der Waals surface area contributed by atoms with Gasteiger partial charge in [-0.1, -0.05) is 39.0 Å². The van der Waals surface area contributed by atoms with Gasteiger partial charge in [-0.2, -0.15) is 0 Å². The third kappa shape index (κ3) is 7.31. The van der Waals surface area contributed by atoms with E-state index in [-0.39, 0.29) is 11.9 Å². The van der Waals surface area contributed by atoms with Crippen molar-refractivity contribution in [3.05, 3.63) is 0 Å². The molecule has 1 rings (SSSR count). The van der Waals surface area contributed by atoms with E-state index in [4.69, 9.17) is 0 Å². The summed E-state index contributed by atoms with van der Waals surface area (Å²) in [6.45, 7) is 2.23. The highest BCUT2D eigenvalue weighted by atomic mass is 32.2. The van der Waals surface area contributed by atoms with Gasteiger partial charge in [0.25, 0.3) is 0 Å². The lowest BCUT2D eigenvalue weighted by atomic mass is 9.77. The van der Waals surface area contributed by atoms with Crippen LogP contribution in [0.3, 0.4) is 0 Å². The molecule has 1 aliphatic carbocycles. The summed E-state index contributed by atoms with van der Waals surface area (Å²) in [4.78, 5) is 0. The number of unbranched alkanes of at least 4 members (excludes halogenated alkanes) is 1. The van der Waals surface area contributed by atoms with Crippen LogP contribution in [0.4, 0.5) is 0 Å². The third-order valence-corrected chi connectivity index (χ3v) is 5.45. The molecule has 1 saturated carbocycles. The molecule has 0 bridgehead atoms. The highest BCUT2D eigenvalue weighted by molar-refractivity contribution is 7.90. The van der Waals surface area contributed by atoms with Crippen LogP contribution in [0.1, 0.15) is 64.7 Å². The maximum Gasteiger partial charge on any atom is 0.147 e. The van der Waals surface area contributed by atoms with Crippen molar-refractivity contribution in [1.29, 1.82) is 0 Å². The molecular formula is C15H30O3S. The van der Waals surface area contributed by atoms with Crippen LogP contribution in [0, 0.1) is 11.8 Å². The van der Waals surface area contributed by atoms with E-state index in [9.17, 15) is 13.5 Å². The molecule has 1 atom stereocenters. The Kier molecular flexibility index (Phi) is 7.37. The van der Waals surface area contributed by atoms with Crippen LogP contribution in [0.15, 0.2) is 0 Å². The molecule has 0 amide bonds. The molecule has 0 aromatic carbocycles. The number of aliphatic hydroxyl groups is 1. The van der Waals surface area contributed by atoms with E-state index in [0.717, 1.165) is 18.8 Å². The Morgan fingerprint density at radius 1 is 1.16 bits per heavy atom. The summed E-state index contributed by atoms with van der Waals surface area (Å²) in [5, 5.41) is 10.1. The van der Waals surface area contributed by atoms with Crippen molar-refractivity contribution in [1.82, 2.24) is 0 Å². The maximum atomic E-state index is 11.1. The SMILES string of the molecule is CCCCC1CCC(C(O)CCCS(C)(=O)=O)CC1. The largest absolute Gasteiger partial charge is 0.393 e. The molecule has 4 heteroatoms. The maximum absolute atomic E-state index is 11.1. The highest BCUT2D eigenvalue weighted by Crippen LogP contribution is 2.34. The average molecular weight is 290 g/mol. The Balaban J connectivity index is 2.19. The van der Waals surface area contributed by atoms with Crippen LogP contribution in [0.25, 0.3) is 0 Å². The topological polar surface area (TPSA) is 54.4 Å². The quantitative estimate of drug-likeness (QED) is 0.747. The molecular weight excluding hydrogens is 260 g/mol.